The first-order valence-corrected chi connectivity index (χ1v) is 6.15. The summed E-state index contributed by atoms with van der Waals surface area (Å²) in [5.41, 5.74) is -1.51. The van der Waals surface area contributed by atoms with Gasteiger partial charge in [0.15, 0.2) is 0 Å². The SMILES string of the molecule is CC(C)(C)OC(=O)Nc1oc(C(C)(C)C)nc1C(=O)O. The van der Waals surface area contributed by atoms with Gasteiger partial charge in [0.05, 0.1) is 0 Å². The Morgan fingerprint density at radius 2 is 1.75 bits per heavy atom. The average molecular weight is 284 g/mol. The van der Waals surface area contributed by atoms with E-state index in [1.54, 1.807) is 20.8 Å². The maximum absolute atomic E-state index is 11.6. The Morgan fingerprint density at radius 3 is 2.15 bits per heavy atom. The molecule has 1 amide bonds. The van der Waals surface area contributed by atoms with Crippen molar-refractivity contribution in [3.8, 4) is 0 Å². The summed E-state index contributed by atoms with van der Waals surface area (Å²) in [6, 6.07) is 0. The number of nitrogens with one attached hydrogen (secondary N) is 1. The number of aromatic carboxylic acids is 1. The maximum Gasteiger partial charge on any atom is 0.414 e. The lowest BCUT2D eigenvalue weighted by molar-refractivity contribution is 0.0632. The van der Waals surface area contributed by atoms with E-state index in [1.807, 2.05) is 20.8 Å². The summed E-state index contributed by atoms with van der Waals surface area (Å²) in [4.78, 5) is 26.7. The highest BCUT2D eigenvalue weighted by molar-refractivity contribution is 5.95. The molecule has 0 aliphatic heterocycles. The number of amides is 1. The smallest absolute Gasteiger partial charge is 0.414 e. The third kappa shape index (κ3) is 4.25. The van der Waals surface area contributed by atoms with Crippen LogP contribution in [0.25, 0.3) is 0 Å². The van der Waals surface area contributed by atoms with Crippen LogP contribution in [0.1, 0.15) is 57.9 Å². The summed E-state index contributed by atoms with van der Waals surface area (Å²) in [7, 11) is 0. The molecule has 1 aromatic heterocycles. The van der Waals surface area contributed by atoms with E-state index in [-0.39, 0.29) is 17.5 Å². The number of carbonyl (C=O) groups excluding carboxylic acids is 1. The maximum atomic E-state index is 11.6. The third-order valence-corrected chi connectivity index (χ3v) is 2.09. The van der Waals surface area contributed by atoms with Crippen LogP contribution in [0.5, 0.6) is 0 Å². The van der Waals surface area contributed by atoms with Crippen LogP contribution in [-0.4, -0.2) is 27.8 Å². The number of carbonyl (C=O) groups is 2. The van der Waals surface area contributed by atoms with Crippen molar-refractivity contribution in [1.82, 2.24) is 4.98 Å². The summed E-state index contributed by atoms with van der Waals surface area (Å²) in [5.74, 6) is -1.28. The molecule has 2 N–H and O–H groups in total. The van der Waals surface area contributed by atoms with Crippen LogP contribution in [0, 0.1) is 0 Å². The summed E-state index contributed by atoms with van der Waals surface area (Å²) >= 11 is 0. The van der Waals surface area contributed by atoms with Gasteiger partial charge in [-0.05, 0) is 20.8 Å². The average Bonchev–Trinajstić information content (AvgIpc) is 2.57. The molecule has 112 valence electrons. The minimum absolute atomic E-state index is 0.223. The number of hydrogen-bond acceptors (Lipinski definition) is 5. The summed E-state index contributed by atoms with van der Waals surface area (Å²) < 4.78 is 10.4. The predicted octanol–water partition coefficient (Wildman–Crippen LogP) is 3.02. The number of anilines is 1. The van der Waals surface area contributed by atoms with Crippen molar-refractivity contribution >= 4 is 17.9 Å². The van der Waals surface area contributed by atoms with E-state index in [2.05, 4.69) is 10.3 Å². The molecule has 7 heteroatoms. The number of ether oxygens (including phenoxy) is 1. The van der Waals surface area contributed by atoms with Crippen molar-refractivity contribution in [3.63, 3.8) is 0 Å². The molecule has 0 unspecified atom stereocenters. The molecule has 0 spiro atoms. The van der Waals surface area contributed by atoms with E-state index in [0.717, 1.165) is 0 Å². The Bertz CT molecular complexity index is 520. The second kappa shape index (κ2) is 5.15. The van der Waals surface area contributed by atoms with Gasteiger partial charge in [-0.25, -0.2) is 14.6 Å². The number of hydrogen-bond donors (Lipinski definition) is 2. The molecule has 7 nitrogen and oxygen atoms in total. The fourth-order valence-corrected chi connectivity index (χ4v) is 1.27. The zero-order valence-electron chi connectivity index (χ0n) is 12.5. The number of carboxylic acids is 1. The van der Waals surface area contributed by atoms with Gasteiger partial charge < -0.3 is 14.3 Å². The minimum Gasteiger partial charge on any atom is -0.476 e. The van der Waals surface area contributed by atoms with Crippen LogP contribution in [0.4, 0.5) is 10.7 Å². The Balaban J connectivity index is 3.02. The zero-order chi connectivity index (χ0) is 15.7. The lowest BCUT2D eigenvalue weighted by Crippen LogP contribution is -2.27. The van der Waals surface area contributed by atoms with Crippen LogP contribution in [0.3, 0.4) is 0 Å². The Morgan fingerprint density at radius 1 is 1.20 bits per heavy atom. The van der Waals surface area contributed by atoms with Crippen molar-refractivity contribution in [2.75, 3.05) is 5.32 Å². The fourth-order valence-electron chi connectivity index (χ4n) is 1.27. The van der Waals surface area contributed by atoms with E-state index >= 15 is 0 Å². The normalized spacial score (nSPS) is 12.1. The second-order valence-electron chi connectivity index (χ2n) is 6.38. The number of oxazole rings is 1. The quantitative estimate of drug-likeness (QED) is 0.865. The Hall–Kier alpha value is -2.05. The number of rotatable bonds is 2. The van der Waals surface area contributed by atoms with Gasteiger partial charge in [-0.3, -0.25) is 5.32 Å². The van der Waals surface area contributed by atoms with Crippen molar-refractivity contribution in [2.45, 2.75) is 52.6 Å². The van der Waals surface area contributed by atoms with Gasteiger partial charge in [0.1, 0.15) is 5.60 Å². The molecule has 1 rings (SSSR count). The van der Waals surface area contributed by atoms with E-state index in [9.17, 15) is 9.59 Å². The third-order valence-electron chi connectivity index (χ3n) is 2.09. The van der Waals surface area contributed by atoms with Gasteiger partial charge in [-0.1, -0.05) is 20.8 Å². The molecule has 0 bridgehead atoms. The molecule has 0 aliphatic rings. The molecule has 1 aromatic rings. The molecule has 0 saturated heterocycles. The highest BCUT2D eigenvalue weighted by atomic mass is 16.6. The van der Waals surface area contributed by atoms with Crippen LogP contribution in [-0.2, 0) is 10.2 Å². The van der Waals surface area contributed by atoms with Crippen LogP contribution >= 0.6 is 0 Å². The van der Waals surface area contributed by atoms with Gasteiger partial charge in [0, 0.05) is 5.41 Å². The predicted molar refractivity (Wildman–Crippen MR) is 72.0 cm³/mol. The summed E-state index contributed by atoms with van der Waals surface area (Å²) in [5, 5.41) is 11.3. The van der Waals surface area contributed by atoms with Gasteiger partial charge in [0.25, 0.3) is 0 Å². The topological polar surface area (TPSA) is 102 Å². The second-order valence-corrected chi connectivity index (χ2v) is 6.38. The molecule has 0 fully saturated rings. The monoisotopic (exact) mass is 284 g/mol. The first-order chi connectivity index (χ1) is 8.90. The van der Waals surface area contributed by atoms with Crippen LogP contribution in [0.2, 0.25) is 0 Å². The molecule has 0 saturated carbocycles. The van der Waals surface area contributed by atoms with Gasteiger partial charge in [-0.15, -0.1) is 0 Å². The summed E-state index contributed by atoms with van der Waals surface area (Å²) in [6.07, 6.45) is -0.795. The van der Waals surface area contributed by atoms with Crippen molar-refractivity contribution < 1.29 is 23.8 Å². The Kier molecular flexibility index (Phi) is 4.12. The molecular weight excluding hydrogens is 264 g/mol. The van der Waals surface area contributed by atoms with Crippen molar-refractivity contribution in [2.24, 2.45) is 0 Å². The number of nitrogens with zero attached hydrogens (tertiary/aromatic N) is 1. The number of aromatic nitrogens is 1. The molecule has 0 aliphatic carbocycles. The molecule has 0 aromatic carbocycles. The van der Waals surface area contributed by atoms with E-state index in [4.69, 9.17) is 14.3 Å². The van der Waals surface area contributed by atoms with Gasteiger partial charge >= 0.3 is 12.1 Å². The minimum atomic E-state index is -1.28. The molecular formula is C13H20N2O5. The molecule has 20 heavy (non-hydrogen) atoms. The highest BCUT2D eigenvalue weighted by Gasteiger charge is 2.28. The first-order valence-electron chi connectivity index (χ1n) is 6.15. The standard InChI is InChI=1S/C13H20N2O5/c1-12(2,3)10-14-7(9(16)17)8(19-10)15-11(18)20-13(4,5)6/h1-6H3,(H,15,18)(H,16,17). The van der Waals surface area contributed by atoms with E-state index in [1.165, 1.54) is 0 Å². The van der Waals surface area contributed by atoms with Crippen LogP contribution in [0.15, 0.2) is 4.42 Å². The zero-order valence-corrected chi connectivity index (χ0v) is 12.5. The van der Waals surface area contributed by atoms with Crippen LogP contribution < -0.4 is 5.32 Å². The first kappa shape index (κ1) is 16.0. The Labute approximate surface area is 117 Å². The lowest BCUT2D eigenvalue weighted by Gasteiger charge is -2.19. The fraction of sp³-hybridized carbons (Fsp3) is 0.615. The van der Waals surface area contributed by atoms with Gasteiger partial charge in [-0.2, -0.15) is 0 Å². The van der Waals surface area contributed by atoms with E-state index in [0.29, 0.717) is 0 Å². The molecule has 1 heterocycles. The largest absolute Gasteiger partial charge is 0.476 e. The van der Waals surface area contributed by atoms with E-state index < -0.39 is 23.1 Å². The van der Waals surface area contributed by atoms with Crippen molar-refractivity contribution in [1.29, 1.82) is 0 Å². The lowest BCUT2D eigenvalue weighted by atomic mass is 9.97. The molecule has 0 radical (unpaired) electrons. The van der Waals surface area contributed by atoms with Gasteiger partial charge in [0.2, 0.25) is 17.5 Å². The van der Waals surface area contributed by atoms with Crippen molar-refractivity contribution in [3.05, 3.63) is 11.6 Å². The highest BCUT2D eigenvalue weighted by Crippen LogP contribution is 2.27. The number of carboxylic acid groups (broad SMARTS) is 1. The molecule has 0 atom stereocenters. The summed E-state index contributed by atoms with van der Waals surface area (Å²) in [6.45, 7) is 10.6.